The Morgan fingerprint density at radius 3 is 2.90 bits per heavy atom. The third kappa shape index (κ3) is 3.53. The minimum Gasteiger partial charge on any atom is -0.467 e. The molecule has 0 spiro atoms. The van der Waals surface area contributed by atoms with Gasteiger partial charge in [0, 0.05) is 22.9 Å². The summed E-state index contributed by atoms with van der Waals surface area (Å²) in [5.74, 6) is 0.839. The molecule has 5 nitrogen and oxygen atoms in total. The molecule has 2 aliphatic rings. The van der Waals surface area contributed by atoms with Gasteiger partial charge in [-0.1, -0.05) is 36.7 Å². The molecule has 2 aromatic carbocycles. The van der Waals surface area contributed by atoms with E-state index in [1.807, 2.05) is 28.8 Å². The number of aromatic nitrogens is 2. The second kappa shape index (κ2) is 7.80. The van der Waals surface area contributed by atoms with Gasteiger partial charge in [0.05, 0.1) is 17.5 Å². The molecule has 7 heteroatoms. The van der Waals surface area contributed by atoms with Crippen molar-refractivity contribution in [2.75, 3.05) is 6.79 Å². The Hall–Kier alpha value is -2.38. The maximum atomic E-state index is 14.1. The average molecular weight is 412 g/mol. The summed E-state index contributed by atoms with van der Waals surface area (Å²) in [4.78, 5) is 18.0. The van der Waals surface area contributed by atoms with Crippen molar-refractivity contribution in [2.24, 2.45) is 0 Å². The van der Waals surface area contributed by atoms with E-state index in [9.17, 15) is 9.18 Å². The molecule has 1 aromatic heterocycles. The normalized spacial score (nSPS) is 16.7. The molecule has 2 heterocycles. The highest BCUT2D eigenvalue weighted by Gasteiger charge is 2.24. The first-order valence-corrected chi connectivity index (χ1v) is 10.8. The first-order chi connectivity index (χ1) is 14.2. The van der Waals surface area contributed by atoms with Crippen LogP contribution in [0.2, 0.25) is 0 Å². The van der Waals surface area contributed by atoms with E-state index in [1.165, 1.54) is 23.9 Å². The van der Waals surface area contributed by atoms with E-state index in [2.05, 4.69) is 0 Å². The van der Waals surface area contributed by atoms with Crippen molar-refractivity contribution in [1.82, 2.24) is 9.55 Å². The molecule has 0 radical (unpaired) electrons. The third-order valence-corrected chi connectivity index (χ3v) is 6.58. The van der Waals surface area contributed by atoms with Crippen molar-refractivity contribution >= 4 is 22.7 Å². The van der Waals surface area contributed by atoms with Gasteiger partial charge >= 0.3 is 0 Å². The molecule has 0 atom stereocenters. The lowest BCUT2D eigenvalue weighted by Crippen LogP contribution is -2.26. The van der Waals surface area contributed by atoms with Gasteiger partial charge in [-0.05, 0) is 37.1 Å². The van der Waals surface area contributed by atoms with Crippen LogP contribution in [0.3, 0.4) is 0 Å². The van der Waals surface area contributed by atoms with Crippen LogP contribution < -0.4 is 10.3 Å². The van der Waals surface area contributed by atoms with Gasteiger partial charge in [-0.2, -0.15) is 0 Å². The molecule has 0 N–H and O–H groups in total. The molecule has 1 fully saturated rings. The largest absolute Gasteiger partial charge is 0.467 e. The van der Waals surface area contributed by atoms with Gasteiger partial charge in [0.15, 0.2) is 11.9 Å². The van der Waals surface area contributed by atoms with Crippen molar-refractivity contribution in [3.05, 3.63) is 63.7 Å². The zero-order valence-electron chi connectivity index (χ0n) is 15.9. The van der Waals surface area contributed by atoms with Crippen LogP contribution in [0.25, 0.3) is 10.9 Å². The van der Waals surface area contributed by atoms with Crippen LogP contribution in [-0.4, -0.2) is 16.3 Å². The fourth-order valence-corrected chi connectivity index (χ4v) is 5.25. The Morgan fingerprint density at radius 1 is 1.21 bits per heavy atom. The number of hydrogen-bond donors (Lipinski definition) is 0. The van der Waals surface area contributed by atoms with E-state index in [-0.39, 0.29) is 24.2 Å². The fourth-order valence-electron chi connectivity index (χ4n) is 4.22. The highest BCUT2D eigenvalue weighted by atomic mass is 32.2. The number of ether oxygens (including phenoxy) is 2. The first kappa shape index (κ1) is 18.6. The number of halogens is 1. The van der Waals surface area contributed by atoms with Gasteiger partial charge in [-0.15, -0.1) is 0 Å². The van der Waals surface area contributed by atoms with E-state index in [1.54, 1.807) is 0 Å². The standard InChI is InChI=1S/C22H21FN2O3S/c23-16-9-14-11-27-13-28-20(14)15(10-16)12-29-22-24-19-8-4-3-7-18(19)21(26)25(22)17-5-1-2-6-17/h3-4,7-10,17H,1-2,5-6,11-13H2. The van der Waals surface area contributed by atoms with Gasteiger partial charge in [0.1, 0.15) is 11.6 Å². The van der Waals surface area contributed by atoms with Gasteiger partial charge in [0.2, 0.25) is 0 Å². The molecule has 1 aliphatic carbocycles. The van der Waals surface area contributed by atoms with Crippen LogP contribution in [0.15, 0.2) is 46.3 Å². The number of para-hydroxylation sites is 1. The minimum absolute atomic E-state index is 0.0101. The molecule has 0 bridgehead atoms. The van der Waals surface area contributed by atoms with Crippen LogP contribution in [0.5, 0.6) is 5.75 Å². The van der Waals surface area contributed by atoms with E-state index in [4.69, 9.17) is 14.5 Å². The maximum Gasteiger partial charge on any atom is 0.262 e. The van der Waals surface area contributed by atoms with Crippen LogP contribution >= 0.6 is 11.8 Å². The average Bonchev–Trinajstić information content (AvgIpc) is 3.26. The molecular formula is C22H21FN2O3S. The summed E-state index contributed by atoms with van der Waals surface area (Å²) >= 11 is 1.46. The van der Waals surface area contributed by atoms with Crippen molar-refractivity contribution in [1.29, 1.82) is 0 Å². The maximum absolute atomic E-state index is 14.1. The lowest BCUT2D eigenvalue weighted by atomic mass is 10.1. The molecule has 0 saturated heterocycles. The molecule has 5 rings (SSSR count). The predicted octanol–water partition coefficient (Wildman–Crippen LogP) is 4.81. The Morgan fingerprint density at radius 2 is 2.03 bits per heavy atom. The minimum atomic E-state index is -0.312. The van der Waals surface area contributed by atoms with Crippen LogP contribution in [-0.2, 0) is 17.1 Å². The summed E-state index contributed by atoms with van der Waals surface area (Å²) in [6.45, 7) is 0.503. The molecule has 3 aromatic rings. The second-order valence-corrected chi connectivity index (χ2v) is 8.42. The summed E-state index contributed by atoms with van der Waals surface area (Å²) in [6, 6.07) is 10.6. The lowest BCUT2D eigenvalue weighted by Gasteiger charge is -2.22. The Kier molecular flexibility index (Phi) is 5.01. The summed E-state index contributed by atoms with van der Waals surface area (Å²) in [6.07, 6.45) is 4.23. The van der Waals surface area contributed by atoms with Gasteiger partial charge in [-0.25, -0.2) is 9.37 Å². The highest BCUT2D eigenvalue weighted by molar-refractivity contribution is 7.98. The highest BCUT2D eigenvalue weighted by Crippen LogP contribution is 2.36. The number of rotatable bonds is 4. The Labute approximate surface area is 171 Å². The predicted molar refractivity (Wildman–Crippen MR) is 110 cm³/mol. The monoisotopic (exact) mass is 412 g/mol. The molecule has 0 unspecified atom stereocenters. The first-order valence-electron chi connectivity index (χ1n) is 9.86. The summed E-state index contributed by atoms with van der Waals surface area (Å²) in [5.41, 5.74) is 2.18. The summed E-state index contributed by atoms with van der Waals surface area (Å²) < 4.78 is 26.8. The Bertz CT molecular complexity index is 1120. The SMILES string of the molecule is O=c1c2ccccc2nc(SCc2cc(F)cc3c2OCOC3)n1C1CCCC1. The van der Waals surface area contributed by atoms with E-state index in [0.717, 1.165) is 31.2 Å². The van der Waals surface area contributed by atoms with Gasteiger partial charge in [-0.3, -0.25) is 9.36 Å². The second-order valence-electron chi connectivity index (χ2n) is 7.48. The quantitative estimate of drug-likeness (QED) is 0.455. The van der Waals surface area contributed by atoms with Gasteiger partial charge < -0.3 is 9.47 Å². The topological polar surface area (TPSA) is 53.4 Å². The zero-order valence-corrected chi connectivity index (χ0v) is 16.7. The van der Waals surface area contributed by atoms with E-state index in [0.29, 0.717) is 39.7 Å². The molecule has 150 valence electrons. The molecular weight excluding hydrogens is 391 g/mol. The van der Waals surface area contributed by atoms with Crippen molar-refractivity contribution in [3.8, 4) is 5.75 Å². The van der Waals surface area contributed by atoms with Crippen molar-refractivity contribution < 1.29 is 13.9 Å². The molecule has 1 saturated carbocycles. The fraction of sp³-hybridized carbons (Fsp3) is 0.364. The molecule has 0 amide bonds. The number of fused-ring (bicyclic) bond motifs is 2. The van der Waals surface area contributed by atoms with Crippen LogP contribution in [0.1, 0.15) is 42.9 Å². The smallest absolute Gasteiger partial charge is 0.262 e. The lowest BCUT2D eigenvalue weighted by molar-refractivity contribution is -0.0171. The van der Waals surface area contributed by atoms with Crippen LogP contribution in [0, 0.1) is 5.82 Å². The van der Waals surface area contributed by atoms with Gasteiger partial charge in [0.25, 0.3) is 5.56 Å². The van der Waals surface area contributed by atoms with Crippen LogP contribution in [0.4, 0.5) is 4.39 Å². The number of benzene rings is 2. The summed E-state index contributed by atoms with van der Waals surface area (Å²) in [7, 11) is 0. The number of thioether (sulfide) groups is 1. The number of hydrogen-bond acceptors (Lipinski definition) is 5. The molecule has 1 aliphatic heterocycles. The number of nitrogens with zero attached hydrogens (tertiary/aromatic N) is 2. The zero-order chi connectivity index (χ0) is 19.8. The van der Waals surface area contributed by atoms with E-state index >= 15 is 0 Å². The van der Waals surface area contributed by atoms with E-state index < -0.39 is 0 Å². The van der Waals surface area contributed by atoms with Crippen molar-refractivity contribution in [2.45, 2.75) is 49.2 Å². The Balaban J connectivity index is 1.55. The van der Waals surface area contributed by atoms with Crippen molar-refractivity contribution in [3.63, 3.8) is 0 Å². The third-order valence-electron chi connectivity index (χ3n) is 5.57. The molecule has 29 heavy (non-hydrogen) atoms. The summed E-state index contributed by atoms with van der Waals surface area (Å²) in [5, 5.41) is 1.33.